The summed E-state index contributed by atoms with van der Waals surface area (Å²) in [4.78, 5) is 13.5. The van der Waals surface area contributed by atoms with Gasteiger partial charge in [-0.15, -0.1) is 0 Å². The number of rotatable bonds is 6. The Morgan fingerprint density at radius 3 is 2.38 bits per heavy atom. The lowest BCUT2D eigenvalue weighted by Gasteiger charge is -2.32. The third kappa shape index (κ3) is 4.68. The number of hydrogen-bond donors (Lipinski definition) is 2. The molecule has 1 amide bonds. The van der Waals surface area contributed by atoms with Crippen molar-refractivity contribution in [1.82, 2.24) is 5.32 Å². The molecule has 0 aromatic heterocycles. The van der Waals surface area contributed by atoms with Gasteiger partial charge in [-0.25, -0.2) is 17.6 Å². The Hall–Kier alpha value is -2.65. The van der Waals surface area contributed by atoms with Crippen molar-refractivity contribution in [2.45, 2.75) is 6.04 Å². The Labute approximate surface area is 165 Å². The van der Waals surface area contributed by atoms with Crippen LogP contribution in [0.4, 0.5) is 17.6 Å². The number of methoxy groups -OCH3 is 1. The fraction of sp³-hybridized carbons (Fsp3) is 0.350. The van der Waals surface area contributed by atoms with Crippen molar-refractivity contribution in [1.29, 1.82) is 0 Å². The van der Waals surface area contributed by atoms with Gasteiger partial charge in [0, 0.05) is 5.56 Å². The van der Waals surface area contributed by atoms with Gasteiger partial charge >= 0.3 is 0 Å². The normalized spacial score (nSPS) is 15.8. The van der Waals surface area contributed by atoms with E-state index in [1.165, 1.54) is 0 Å². The molecule has 1 saturated heterocycles. The molecule has 0 aliphatic carbocycles. The number of carbonyl (C=O) groups is 1. The highest BCUT2D eigenvalue weighted by molar-refractivity contribution is 5.94. The van der Waals surface area contributed by atoms with Crippen LogP contribution in [0.25, 0.3) is 0 Å². The molecule has 29 heavy (non-hydrogen) atoms. The Bertz CT molecular complexity index is 871. The van der Waals surface area contributed by atoms with Gasteiger partial charge in [0.05, 0.1) is 32.4 Å². The summed E-state index contributed by atoms with van der Waals surface area (Å²) in [5, 5.41) is 2.51. The molecule has 5 nitrogen and oxygen atoms in total. The molecule has 1 atom stereocenters. The fourth-order valence-electron chi connectivity index (χ4n) is 3.34. The molecule has 1 aliphatic rings. The first-order valence-corrected chi connectivity index (χ1v) is 9.09. The predicted molar refractivity (Wildman–Crippen MR) is 95.9 cm³/mol. The van der Waals surface area contributed by atoms with Crippen molar-refractivity contribution in [2.24, 2.45) is 0 Å². The van der Waals surface area contributed by atoms with Crippen LogP contribution in [0.5, 0.6) is 5.75 Å². The molecule has 1 heterocycles. The summed E-state index contributed by atoms with van der Waals surface area (Å²) in [5.74, 6) is -7.66. The summed E-state index contributed by atoms with van der Waals surface area (Å²) in [6.45, 7) is 2.58. The Balaban J connectivity index is 1.80. The van der Waals surface area contributed by atoms with E-state index < -0.39 is 34.7 Å². The minimum Gasteiger partial charge on any atom is -0.497 e. The zero-order chi connectivity index (χ0) is 21.0. The van der Waals surface area contributed by atoms with Gasteiger partial charge in [-0.05, 0) is 30.3 Å². The highest BCUT2D eigenvalue weighted by atomic mass is 19.2. The first-order chi connectivity index (χ1) is 13.9. The average Bonchev–Trinajstić information content (AvgIpc) is 2.76. The first kappa shape index (κ1) is 21.1. The maximum Gasteiger partial charge on any atom is 0.254 e. The number of morpholine rings is 1. The van der Waals surface area contributed by atoms with Crippen molar-refractivity contribution in [2.75, 3.05) is 40.0 Å². The highest BCUT2D eigenvalue weighted by Gasteiger charge is 2.28. The molecule has 0 unspecified atom stereocenters. The van der Waals surface area contributed by atoms with E-state index in [9.17, 15) is 22.4 Å². The third-order valence-corrected chi connectivity index (χ3v) is 4.96. The number of ether oxygens (including phenoxy) is 2. The van der Waals surface area contributed by atoms with E-state index >= 15 is 0 Å². The van der Waals surface area contributed by atoms with E-state index in [1.54, 1.807) is 19.2 Å². The van der Waals surface area contributed by atoms with Crippen LogP contribution in [0.1, 0.15) is 22.0 Å². The Kier molecular flexibility index (Phi) is 6.71. The number of nitrogens with one attached hydrogen (secondary N) is 2. The van der Waals surface area contributed by atoms with Gasteiger partial charge in [0.1, 0.15) is 24.9 Å². The second-order valence-corrected chi connectivity index (χ2v) is 6.65. The van der Waals surface area contributed by atoms with Crippen molar-refractivity contribution < 1.29 is 36.7 Å². The number of halogens is 4. The molecule has 2 aromatic rings. The molecule has 0 radical (unpaired) electrons. The van der Waals surface area contributed by atoms with Crippen molar-refractivity contribution >= 4 is 5.91 Å². The molecule has 2 aromatic carbocycles. The van der Waals surface area contributed by atoms with E-state index in [0.29, 0.717) is 38.1 Å². The summed E-state index contributed by atoms with van der Waals surface area (Å²) >= 11 is 0. The van der Waals surface area contributed by atoms with E-state index in [1.807, 2.05) is 12.1 Å². The van der Waals surface area contributed by atoms with Crippen molar-refractivity contribution in [3.8, 4) is 5.75 Å². The largest absolute Gasteiger partial charge is 0.497 e. The molecule has 1 aliphatic heterocycles. The van der Waals surface area contributed by atoms with Crippen LogP contribution in [-0.4, -0.2) is 45.9 Å². The maximum atomic E-state index is 13.9. The lowest BCUT2D eigenvalue weighted by Crippen LogP contribution is -3.15. The summed E-state index contributed by atoms with van der Waals surface area (Å²) in [5.41, 5.74) is 0.0202. The van der Waals surface area contributed by atoms with Crippen molar-refractivity contribution in [3.05, 3.63) is 64.7 Å². The summed E-state index contributed by atoms with van der Waals surface area (Å²) in [6, 6.07) is 7.44. The molecule has 2 N–H and O–H groups in total. The number of amides is 1. The second kappa shape index (κ2) is 9.23. The number of hydrogen-bond acceptors (Lipinski definition) is 3. The molecule has 9 heteroatoms. The van der Waals surface area contributed by atoms with Crippen molar-refractivity contribution in [3.63, 3.8) is 0 Å². The quantitative estimate of drug-likeness (QED) is 0.430. The first-order valence-electron chi connectivity index (χ1n) is 9.09. The lowest BCUT2D eigenvalue weighted by atomic mass is 10.0. The van der Waals surface area contributed by atoms with Gasteiger partial charge in [-0.3, -0.25) is 4.79 Å². The topological polar surface area (TPSA) is 52.0 Å². The molecule has 3 rings (SSSR count). The van der Waals surface area contributed by atoms with Crippen LogP contribution in [0.15, 0.2) is 30.3 Å². The van der Waals surface area contributed by atoms with Gasteiger partial charge in [0.15, 0.2) is 23.3 Å². The minimum atomic E-state index is -2.01. The second-order valence-electron chi connectivity index (χ2n) is 6.65. The molecule has 0 saturated carbocycles. The van der Waals surface area contributed by atoms with Crippen LogP contribution in [0.3, 0.4) is 0 Å². The summed E-state index contributed by atoms with van der Waals surface area (Å²) < 4.78 is 64.4. The third-order valence-electron chi connectivity index (χ3n) is 4.96. The summed E-state index contributed by atoms with van der Waals surface area (Å²) in [6.07, 6.45) is 0. The molecule has 1 fully saturated rings. The Morgan fingerprint density at radius 2 is 1.76 bits per heavy atom. The van der Waals surface area contributed by atoms with E-state index in [4.69, 9.17) is 9.47 Å². The SMILES string of the molecule is COc1ccc([C@@H](CNC(=O)c2cc(F)c(F)c(F)c2F)[NH+]2CCOCC2)cc1. The van der Waals surface area contributed by atoms with Crippen LogP contribution >= 0.6 is 0 Å². The monoisotopic (exact) mass is 413 g/mol. The van der Waals surface area contributed by atoms with Gasteiger partial charge in [0.2, 0.25) is 0 Å². The summed E-state index contributed by atoms with van der Waals surface area (Å²) in [7, 11) is 1.55. The van der Waals surface area contributed by atoms with E-state index in [2.05, 4.69) is 5.32 Å². The zero-order valence-electron chi connectivity index (χ0n) is 15.7. The van der Waals surface area contributed by atoms with Gasteiger partial charge in [-0.2, -0.15) is 0 Å². The van der Waals surface area contributed by atoms with Crippen LogP contribution < -0.4 is 15.0 Å². The molecule has 0 bridgehead atoms. The number of benzene rings is 2. The van der Waals surface area contributed by atoms with Crippen LogP contribution in [0, 0.1) is 23.3 Å². The maximum absolute atomic E-state index is 13.9. The van der Waals surface area contributed by atoms with Gasteiger partial charge < -0.3 is 19.7 Å². The number of quaternary nitrogens is 1. The molecular weight excluding hydrogens is 392 g/mol. The highest BCUT2D eigenvalue weighted by Crippen LogP contribution is 2.19. The fourth-order valence-corrected chi connectivity index (χ4v) is 3.34. The van der Waals surface area contributed by atoms with Gasteiger partial charge in [-0.1, -0.05) is 0 Å². The molecule has 0 spiro atoms. The van der Waals surface area contributed by atoms with Crippen LogP contribution in [0.2, 0.25) is 0 Å². The average molecular weight is 413 g/mol. The molecular formula is C20H21F4N2O3+. The van der Waals surface area contributed by atoms with E-state index in [-0.39, 0.29) is 12.6 Å². The lowest BCUT2D eigenvalue weighted by molar-refractivity contribution is -0.937. The van der Waals surface area contributed by atoms with E-state index in [0.717, 1.165) is 10.5 Å². The van der Waals surface area contributed by atoms with Crippen LogP contribution in [-0.2, 0) is 4.74 Å². The molecule has 156 valence electrons. The zero-order valence-corrected chi connectivity index (χ0v) is 15.7. The van der Waals surface area contributed by atoms with Gasteiger partial charge in [0.25, 0.3) is 5.91 Å². The smallest absolute Gasteiger partial charge is 0.254 e. The minimum absolute atomic E-state index is 0.0839. The number of carbonyl (C=O) groups excluding carboxylic acids is 1. The Morgan fingerprint density at radius 1 is 1.10 bits per heavy atom. The standard InChI is InChI=1S/C20H20F4N2O3/c1-28-13-4-2-12(3-5-13)16(26-6-8-29-9-7-26)11-25-20(27)14-10-15(21)18(23)19(24)17(14)22/h2-5,10,16H,6-9,11H2,1H3,(H,25,27)/p+1/t16-/m1/s1. The predicted octanol–water partition coefficient (Wildman–Crippen LogP) is 1.64.